The predicted molar refractivity (Wildman–Crippen MR) is 86.7 cm³/mol. The van der Waals surface area contributed by atoms with Crippen molar-refractivity contribution >= 4 is 0 Å². The molecule has 20 heavy (non-hydrogen) atoms. The molecule has 2 N–H and O–H groups in total. The Morgan fingerprint density at radius 1 is 0.800 bits per heavy atom. The van der Waals surface area contributed by atoms with Gasteiger partial charge >= 0.3 is 0 Å². The summed E-state index contributed by atoms with van der Waals surface area (Å²) in [6, 6.07) is 19.6. The van der Waals surface area contributed by atoms with Gasteiger partial charge < -0.3 is 5.73 Å². The maximum atomic E-state index is 6.36. The molecule has 1 atom stereocenters. The largest absolute Gasteiger partial charge is 0.324 e. The van der Waals surface area contributed by atoms with E-state index in [4.69, 9.17) is 5.73 Å². The first-order valence-electron chi connectivity index (χ1n) is 7.63. The van der Waals surface area contributed by atoms with Gasteiger partial charge in [-0.15, -0.1) is 0 Å². The third-order valence-corrected chi connectivity index (χ3v) is 4.17. The van der Waals surface area contributed by atoms with Crippen molar-refractivity contribution < 1.29 is 0 Å². The van der Waals surface area contributed by atoms with E-state index in [0.29, 0.717) is 5.92 Å². The summed E-state index contributed by atoms with van der Waals surface area (Å²) in [5, 5.41) is 0. The number of hydrogen-bond donors (Lipinski definition) is 1. The summed E-state index contributed by atoms with van der Waals surface area (Å²) in [6.45, 7) is 4.44. The van der Waals surface area contributed by atoms with Crippen LogP contribution in [0.3, 0.4) is 0 Å². The molecule has 0 aromatic heterocycles. The molecule has 0 aliphatic heterocycles. The number of hydrogen-bond acceptors (Lipinski definition) is 1. The highest BCUT2D eigenvalue weighted by molar-refractivity contribution is 5.30. The van der Waals surface area contributed by atoms with Gasteiger partial charge in [0, 0.05) is 6.04 Å². The molecule has 106 valence electrons. The zero-order valence-corrected chi connectivity index (χ0v) is 12.5. The molecule has 0 bridgehead atoms. The van der Waals surface area contributed by atoms with Crippen molar-refractivity contribution in [1.29, 1.82) is 0 Å². The maximum Gasteiger partial charge on any atom is 0.0323 e. The van der Waals surface area contributed by atoms with Gasteiger partial charge in [-0.25, -0.2) is 0 Å². The summed E-state index contributed by atoms with van der Waals surface area (Å²) in [7, 11) is 0. The number of rotatable bonds is 6. The van der Waals surface area contributed by atoms with Crippen LogP contribution in [0.1, 0.15) is 49.4 Å². The Bertz CT molecular complexity index is 497. The molecule has 1 heteroatoms. The lowest BCUT2D eigenvalue weighted by molar-refractivity contribution is 0.405. The molecule has 2 aromatic carbocycles. The minimum atomic E-state index is 0.163. The van der Waals surface area contributed by atoms with E-state index in [1.807, 2.05) is 0 Å². The fraction of sp³-hybridized carbons (Fsp3) is 0.368. The van der Waals surface area contributed by atoms with Crippen LogP contribution >= 0.6 is 0 Å². The lowest BCUT2D eigenvalue weighted by atomic mass is 9.89. The zero-order valence-electron chi connectivity index (χ0n) is 12.5. The van der Waals surface area contributed by atoms with Crippen molar-refractivity contribution in [3.05, 3.63) is 71.3 Å². The molecule has 0 saturated carbocycles. The van der Waals surface area contributed by atoms with E-state index in [-0.39, 0.29) is 6.04 Å². The van der Waals surface area contributed by atoms with Crippen LogP contribution in [-0.4, -0.2) is 0 Å². The van der Waals surface area contributed by atoms with Crippen molar-refractivity contribution in [1.82, 2.24) is 0 Å². The quantitative estimate of drug-likeness (QED) is 0.805. The molecule has 1 unspecified atom stereocenters. The molecule has 0 heterocycles. The van der Waals surface area contributed by atoms with Crippen molar-refractivity contribution in [2.75, 3.05) is 0 Å². The molecule has 0 aliphatic rings. The van der Waals surface area contributed by atoms with Crippen LogP contribution in [0.15, 0.2) is 54.6 Å². The second kappa shape index (κ2) is 7.25. The molecule has 0 fully saturated rings. The van der Waals surface area contributed by atoms with Gasteiger partial charge in [0.05, 0.1) is 0 Å². The Labute approximate surface area is 122 Å². The van der Waals surface area contributed by atoms with Crippen LogP contribution in [0, 0.1) is 5.92 Å². The number of nitrogens with two attached hydrogens (primary N) is 1. The van der Waals surface area contributed by atoms with Crippen molar-refractivity contribution in [2.45, 2.75) is 39.2 Å². The molecule has 0 aliphatic carbocycles. The summed E-state index contributed by atoms with van der Waals surface area (Å²) in [5.74, 6) is 0.579. The summed E-state index contributed by atoms with van der Waals surface area (Å²) in [5.41, 5.74) is 10.3. The number of benzene rings is 2. The smallest absolute Gasteiger partial charge is 0.0323 e. The summed E-state index contributed by atoms with van der Waals surface area (Å²) < 4.78 is 0. The molecular formula is C19H25N. The highest BCUT2D eigenvalue weighted by Gasteiger charge is 2.15. The minimum Gasteiger partial charge on any atom is -0.324 e. The van der Waals surface area contributed by atoms with Crippen LogP contribution in [0.5, 0.6) is 0 Å². The van der Waals surface area contributed by atoms with Gasteiger partial charge in [-0.2, -0.15) is 0 Å². The van der Waals surface area contributed by atoms with Crippen LogP contribution in [-0.2, 0) is 6.42 Å². The molecule has 0 spiro atoms. The molecule has 0 amide bonds. The highest BCUT2D eigenvalue weighted by Crippen LogP contribution is 2.25. The average Bonchev–Trinajstić information content (AvgIpc) is 2.50. The molecular weight excluding hydrogens is 242 g/mol. The predicted octanol–water partition coefficient (Wildman–Crippen LogP) is 4.71. The topological polar surface area (TPSA) is 26.0 Å². The second-order valence-corrected chi connectivity index (χ2v) is 5.51. The van der Waals surface area contributed by atoms with Gasteiger partial charge in [0.15, 0.2) is 0 Å². The Morgan fingerprint density at radius 3 is 1.90 bits per heavy atom. The van der Waals surface area contributed by atoms with E-state index in [2.05, 4.69) is 68.4 Å². The van der Waals surface area contributed by atoms with Crippen molar-refractivity contribution in [3.63, 3.8) is 0 Å². The van der Waals surface area contributed by atoms with E-state index in [1.54, 1.807) is 0 Å². The van der Waals surface area contributed by atoms with E-state index in [0.717, 1.165) is 19.3 Å². The lowest BCUT2D eigenvalue weighted by Crippen LogP contribution is -2.20. The van der Waals surface area contributed by atoms with Crippen LogP contribution in [0.2, 0.25) is 0 Å². The van der Waals surface area contributed by atoms with Gasteiger partial charge in [-0.1, -0.05) is 81.3 Å². The Kier molecular flexibility index (Phi) is 5.37. The zero-order chi connectivity index (χ0) is 14.4. The lowest BCUT2D eigenvalue weighted by Gasteiger charge is -2.21. The summed E-state index contributed by atoms with van der Waals surface area (Å²) in [4.78, 5) is 0. The first-order valence-corrected chi connectivity index (χ1v) is 7.63. The first-order chi connectivity index (χ1) is 9.74. The molecule has 0 saturated heterocycles. The monoisotopic (exact) mass is 267 g/mol. The Balaban J connectivity index is 2.06. The fourth-order valence-electron chi connectivity index (χ4n) is 2.76. The van der Waals surface area contributed by atoms with Crippen molar-refractivity contribution in [3.8, 4) is 0 Å². The van der Waals surface area contributed by atoms with Gasteiger partial charge in [0.2, 0.25) is 0 Å². The van der Waals surface area contributed by atoms with Crippen molar-refractivity contribution in [2.24, 2.45) is 11.7 Å². The van der Waals surface area contributed by atoms with E-state index < -0.39 is 0 Å². The minimum absolute atomic E-state index is 0.163. The third kappa shape index (κ3) is 3.71. The van der Waals surface area contributed by atoms with Crippen LogP contribution < -0.4 is 5.73 Å². The third-order valence-electron chi connectivity index (χ3n) is 4.17. The molecule has 0 radical (unpaired) electrons. The standard InChI is InChI=1S/C19H25N/c1-3-17(4-2)19(20)18-12-10-16(11-13-18)14-15-8-6-5-7-9-15/h5-13,17,19H,3-4,14,20H2,1-2H3. The van der Waals surface area contributed by atoms with Crippen LogP contribution in [0.25, 0.3) is 0 Å². The van der Waals surface area contributed by atoms with Gasteiger partial charge in [-0.05, 0) is 29.0 Å². The first kappa shape index (κ1) is 14.8. The summed E-state index contributed by atoms with van der Waals surface area (Å²) >= 11 is 0. The van der Waals surface area contributed by atoms with Gasteiger partial charge in [0.25, 0.3) is 0 Å². The fourth-order valence-corrected chi connectivity index (χ4v) is 2.76. The van der Waals surface area contributed by atoms with E-state index >= 15 is 0 Å². The average molecular weight is 267 g/mol. The SMILES string of the molecule is CCC(CC)C(N)c1ccc(Cc2ccccc2)cc1. The molecule has 2 aromatic rings. The van der Waals surface area contributed by atoms with E-state index in [1.165, 1.54) is 16.7 Å². The second-order valence-electron chi connectivity index (χ2n) is 5.51. The van der Waals surface area contributed by atoms with Gasteiger partial charge in [0.1, 0.15) is 0 Å². The van der Waals surface area contributed by atoms with Gasteiger partial charge in [-0.3, -0.25) is 0 Å². The molecule has 1 nitrogen and oxygen atoms in total. The normalized spacial score (nSPS) is 12.6. The molecule has 2 rings (SSSR count). The Hall–Kier alpha value is -1.60. The van der Waals surface area contributed by atoms with Crippen LogP contribution in [0.4, 0.5) is 0 Å². The van der Waals surface area contributed by atoms with E-state index in [9.17, 15) is 0 Å². The maximum absolute atomic E-state index is 6.36. The highest BCUT2D eigenvalue weighted by atomic mass is 14.6. The summed E-state index contributed by atoms with van der Waals surface area (Å²) in [6.07, 6.45) is 3.27. The Morgan fingerprint density at radius 2 is 1.35 bits per heavy atom.